The third-order valence-electron chi connectivity index (χ3n) is 5.36. The number of aromatic nitrogens is 2. The second kappa shape index (κ2) is 7.32. The number of rotatable bonds is 3. The second-order valence-electron chi connectivity index (χ2n) is 7.05. The average molecular weight is 352 g/mol. The van der Waals surface area contributed by atoms with Gasteiger partial charge in [0.05, 0.1) is 12.2 Å². The summed E-state index contributed by atoms with van der Waals surface area (Å²) >= 11 is 0. The standard InChI is InChI=1S/C20H24N4O2/c25-18-8-4-5-11-24(18)14-19(26)23-12-9-16-17(10-13-23)21-22-20(16)15-6-2-1-3-7-15/h1-3,6-7H,4-5,8-14H2,(H,21,22). The third-order valence-corrected chi connectivity index (χ3v) is 5.36. The number of hydrogen-bond donors (Lipinski definition) is 1. The average Bonchev–Trinajstić information content (AvgIpc) is 2.95. The van der Waals surface area contributed by atoms with E-state index in [-0.39, 0.29) is 18.4 Å². The van der Waals surface area contributed by atoms with Crippen LogP contribution in [0.25, 0.3) is 11.3 Å². The van der Waals surface area contributed by atoms with Gasteiger partial charge in [-0.15, -0.1) is 0 Å². The summed E-state index contributed by atoms with van der Waals surface area (Å²) in [5.41, 5.74) is 4.42. The Labute approximate surface area is 153 Å². The molecule has 1 N–H and O–H groups in total. The topological polar surface area (TPSA) is 69.3 Å². The van der Waals surface area contributed by atoms with Crippen LogP contribution in [0, 0.1) is 0 Å². The monoisotopic (exact) mass is 352 g/mol. The third kappa shape index (κ3) is 3.36. The molecule has 6 nitrogen and oxygen atoms in total. The number of carbonyl (C=O) groups is 2. The number of aromatic amines is 1. The van der Waals surface area contributed by atoms with Gasteiger partial charge in [-0.05, 0) is 19.3 Å². The summed E-state index contributed by atoms with van der Waals surface area (Å²) in [5.74, 6) is 0.167. The van der Waals surface area contributed by atoms with Crippen molar-refractivity contribution >= 4 is 11.8 Å². The quantitative estimate of drug-likeness (QED) is 0.919. The van der Waals surface area contributed by atoms with Crippen LogP contribution in [0.1, 0.15) is 30.5 Å². The van der Waals surface area contributed by atoms with Crippen LogP contribution >= 0.6 is 0 Å². The van der Waals surface area contributed by atoms with Crippen molar-refractivity contribution < 1.29 is 9.59 Å². The smallest absolute Gasteiger partial charge is 0.242 e. The van der Waals surface area contributed by atoms with Crippen molar-refractivity contribution in [3.63, 3.8) is 0 Å². The van der Waals surface area contributed by atoms with E-state index in [2.05, 4.69) is 22.3 Å². The van der Waals surface area contributed by atoms with E-state index in [1.165, 1.54) is 5.56 Å². The van der Waals surface area contributed by atoms with Crippen LogP contribution in [0.3, 0.4) is 0 Å². The van der Waals surface area contributed by atoms with Crippen LogP contribution in [-0.4, -0.2) is 58.0 Å². The molecule has 0 saturated carbocycles. The molecule has 1 aromatic heterocycles. The zero-order valence-electron chi connectivity index (χ0n) is 14.9. The molecule has 2 aromatic rings. The summed E-state index contributed by atoms with van der Waals surface area (Å²) in [6.07, 6.45) is 4.07. The van der Waals surface area contributed by atoms with Crippen LogP contribution < -0.4 is 0 Å². The first kappa shape index (κ1) is 16.8. The van der Waals surface area contributed by atoms with Crippen molar-refractivity contribution in [2.45, 2.75) is 32.1 Å². The molecule has 3 heterocycles. The SMILES string of the molecule is O=C(CN1CCCCC1=O)N1CCc2[nH]nc(-c3ccccc3)c2CC1. The molecule has 1 fully saturated rings. The maximum Gasteiger partial charge on any atom is 0.242 e. The molecular formula is C20H24N4O2. The fourth-order valence-electron chi connectivity index (χ4n) is 3.86. The zero-order chi connectivity index (χ0) is 17.9. The number of H-pyrrole nitrogens is 1. The van der Waals surface area contributed by atoms with Crippen molar-refractivity contribution in [1.29, 1.82) is 0 Å². The minimum Gasteiger partial charge on any atom is -0.340 e. The summed E-state index contributed by atoms with van der Waals surface area (Å²) in [4.78, 5) is 28.3. The minimum absolute atomic E-state index is 0.0552. The molecule has 4 rings (SSSR count). The molecule has 0 bridgehead atoms. The molecule has 0 aliphatic carbocycles. The largest absolute Gasteiger partial charge is 0.340 e. The number of hydrogen-bond acceptors (Lipinski definition) is 3. The molecule has 2 amide bonds. The maximum atomic E-state index is 12.7. The molecule has 136 valence electrons. The van der Waals surface area contributed by atoms with Gasteiger partial charge in [0.2, 0.25) is 11.8 Å². The summed E-state index contributed by atoms with van der Waals surface area (Å²) in [6, 6.07) is 10.1. The number of amides is 2. The zero-order valence-corrected chi connectivity index (χ0v) is 14.9. The van der Waals surface area contributed by atoms with Crippen LogP contribution in [-0.2, 0) is 22.4 Å². The summed E-state index contributed by atoms with van der Waals surface area (Å²) < 4.78 is 0. The predicted octanol–water partition coefficient (Wildman–Crippen LogP) is 2.02. The van der Waals surface area contributed by atoms with E-state index >= 15 is 0 Å². The molecule has 2 aliphatic heterocycles. The Morgan fingerprint density at radius 3 is 2.65 bits per heavy atom. The first-order valence-corrected chi connectivity index (χ1v) is 9.39. The first-order chi connectivity index (χ1) is 12.7. The van der Waals surface area contributed by atoms with Crippen LogP contribution in [0.4, 0.5) is 0 Å². The maximum absolute atomic E-state index is 12.7. The molecule has 26 heavy (non-hydrogen) atoms. The Hall–Kier alpha value is -2.63. The van der Waals surface area contributed by atoms with Crippen molar-refractivity contribution in [3.05, 3.63) is 41.6 Å². The van der Waals surface area contributed by atoms with E-state index in [1.54, 1.807) is 4.90 Å². The lowest BCUT2D eigenvalue weighted by atomic mass is 10.0. The Morgan fingerprint density at radius 1 is 1.04 bits per heavy atom. The van der Waals surface area contributed by atoms with Gasteiger partial charge in [0.25, 0.3) is 0 Å². The normalized spacial score (nSPS) is 17.8. The van der Waals surface area contributed by atoms with Gasteiger partial charge < -0.3 is 9.80 Å². The van der Waals surface area contributed by atoms with E-state index in [0.717, 1.165) is 42.6 Å². The molecule has 1 saturated heterocycles. The van der Waals surface area contributed by atoms with Crippen LogP contribution in [0.5, 0.6) is 0 Å². The van der Waals surface area contributed by atoms with E-state index in [4.69, 9.17) is 0 Å². The number of fused-ring (bicyclic) bond motifs is 1. The van der Waals surface area contributed by atoms with E-state index in [0.29, 0.717) is 26.1 Å². The van der Waals surface area contributed by atoms with Crippen LogP contribution in [0.15, 0.2) is 30.3 Å². The molecular weight excluding hydrogens is 328 g/mol. The number of nitrogens with zero attached hydrogens (tertiary/aromatic N) is 3. The van der Waals surface area contributed by atoms with E-state index in [1.807, 2.05) is 23.1 Å². The lowest BCUT2D eigenvalue weighted by molar-refractivity contribution is -0.141. The summed E-state index contributed by atoms with van der Waals surface area (Å²) in [6.45, 7) is 2.27. The lowest BCUT2D eigenvalue weighted by Crippen LogP contribution is -2.45. The van der Waals surface area contributed by atoms with E-state index < -0.39 is 0 Å². The minimum atomic E-state index is 0.0552. The Kier molecular flexibility index (Phi) is 4.73. The fourth-order valence-corrected chi connectivity index (χ4v) is 3.86. The van der Waals surface area contributed by atoms with Gasteiger partial charge in [0.1, 0.15) is 0 Å². The molecule has 1 aromatic carbocycles. The van der Waals surface area contributed by atoms with Crippen molar-refractivity contribution in [2.24, 2.45) is 0 Å². The van der Waals surface area contributed by atoms with Gasteiger partial charge in [0.15, 0.2) is 0 Å². The highest BCUT2D eigenvalue weighted by Gasteiger charge is 2.26. The Morgan fingerprint density at radius 2 is 1.85 bits per heavy atom. The van der Waals surface area contributed by atoms with Crippen LogP contribution in [0.2, 0.25) is 0 Å². The molecule has 6 heteroatoms. The van der Waals surface area contributed by atoms with Crippen molar-refractivity contribution in [3.8, 4) is 11.3 Å². The highest BCUT2D eigenvalue weighted by Crippen LogP contribution is 2.26. The van der Waals surface area contributed by atoms with Crippen molar-refractivity contribution in [1.82, 2.24) is 20.0 Å². The molecule has 0 atom stereocenters. The van der Waals surface area contributed by atoms with Gasteiger partial charge in [-0.1, -0.05) is 30.3 Å². The Balaban J connectivity index is 1.44. The number of carbonyl (C=O) groups excluding carboxylic acids is 2. The number of piperidine rings is 1. The van der Waals surface area contributed by atoms with Gasteiger partial charge in [-0.25, -0.2) is 0 Å². The highest BCUT2D eigenvalue weighted by atomic mass is 16.2. The van der Waals surface area contributed by atoms with Gasteiger partial charge in [0, 0.05) is 49.3 Å². The molecule has 0 unspecified atom stereocenters. The van der Waals surface area contributed by atoms with E-state index in [9.17, 15) is 9.59 Å². The van der Waals surface area contributed by atoms with Gasteiger partial charge >= 0.3 is 0 Å². The summed E-state index contributed by atoms with van der Waals surface area (Å²) in [7, 11) is 0. The highest BCUT2D eigenvalue weighted by molar-refractivity contribution is 5.85. The number of nitrogens with one attached hydrogen (secondary N) is 1. The molecule has 0 spiro atoms. The van der Waals surface area contributed by atoms with Gasteiger partial charge in [-0.2, -0.15) is 5.10 Å². The fraction of sp³-hybridized carbons (Fsp3) is 0.450. The molecule has 0 radical (unpaired) electrons. The van der Waals surface area contributed by atoms with Crippen molar-refractivity contribution in [2.75, 3.05) is 26.2 Å². The first-order valence-electron chi connectivity index (χ1n) is 9.39. The summed E-state index contributed by atoms with van der Waals surface area (Å²) in [5, 5.41) is 7.66. The lowest BCUT2D eigenvalue weighted by Gasteiger charge is -2.29. The number of likely N-dealkylation sites (tertiary alicyclic amines) is 1. The Bertz CT molecular complexity index is 799. The molecule has 2 aliphatic rings. The predicted molar refractivity (Wildman–Crippen MR) is 98.4 cm³/mol. The number of benzene rings is 1. The van der Waals surface area contributed by atoms with Gasteiger partial charge in [-0.3, -0.25) is 14.7 Å². The second-order valence-corrected chi connectivity index (χ2v) is 7.05.